The summed E-state index contributed by atoms with van der Waals surface area (Å²) in [6, 6.07) is 3.14. The average molecular weight is 408 g/mol. The number of hydrogen-bond donors (Lipinski definition) is 4. The molecule has 0 spiro atoms. The molecule has 0 fully saturated rings. The van der Waals surface area contributed by atoms with Crippen molar-refractivity contribution < 1.29 is 26.3 Å². The van der Waals surface area contributed by atoms with Gasteiger partial charge in [-0.05, 0) is 24.6 Å². The zero-order valence-corrected chi connectivity index (χ0v) is 14.2. The number of nitrogens with one attached hydrogen (secondary N) is 4. The zero-order valence-electron chi connectivity index (χ0n) is 14.2. The van der Waals surface area contributed by atoms with Crippen LogP contribution in [0.5, 0.6) is 0 Å². The topological polar surface area (TPSA) is 102 Å². The highest BCUT2D eigenvalue weighted by Crippen LogP contribution is 2.30. The number of rotatable bonds is 5. The van der Waals surface area contributed by atoms with Crippen molar-refractivity contribution in [3.05, 3.63) is 61.8 Å². The summed E-state index contributed by atoms with van der Waals surface area (Å²) in [6.45, 7) is 1.46. The zero-order chi connectivity index (χ0) is 21.3. The van der Waals surface area contributed by atoms with Crippen LogP contribution in [-0.2, 0) is 6.18 Å². The molecule has 4 N–H and O–H groups in total. The number of benzene rings is 1. The molecule has 1 atom stereocenters. The van der Waals surface area contributed by atoms with E-state index in [2.05, 4.69) is 10.3 Å². The van der Waals surface area contributed by atoms with Gasteiger partial charge in [-0.15, -0.1) is 0 Å². The number of halogens is 6. The van der Waals surface area contributed by atoms with Crippen LogP contribution >= 0.6 is 0 Å². The quantitative estimate of drug-likeness (QED) is 0.449. The minimum Gasteiger partial charge on any atom is -0.364 e. The second kappa shape index (κ2) is 7.52. The standard InChI is InChI=1S/C16H14F6N4O2/c1-7(8-2-4-9(5-3-8)16(20,21)22)24-12-11(10(23)6-15(17,18)19)13(27)26-14(28)25-12/h2-5,7,23H,6H2,1H3,(H3,24,25,26,27,28). The largest absolute Gasteiger partial charge is 0.416 e. The van der Waals surface area contributed by atoms with E-state index in [-0.39, 0.29) is 0 Å². The number of hydrogen-bond acceptors (Lipinski definition) is 4. The van der Waals surface area contributed by atoms with E-state index in [9.17, 15) is 35.9 Å². The van der Waals surface area contributed by atoms with Gasteiger partial charge in [0, 0.05) is 6.04 Å². The van der Waals surface area contributed by atoms with Gasteiger partial charge in [-0.2, -0.15) is 26.3 Å². The first kappa shape index (κ1) is 21.3. The second-order valence-corrected chi connectivity index (χ2v) is 5.91. The molecule has 152 valence electrons. The van der Waals surface area contributed by atoms with Crippen molar-refractivity contribution in [3.8, 4) is 0 Å². The molecule has 2 aromatic rings. The van der Waals surface area contributed by atoms with Crippen molar-refractivity contribution in [2.24, 2.45) is 0 Å². The van der Waals surface area contributed by atoms with Gasteiger partial charge < -0.3 is 10.7 Å². The van der Waals surface area contributed by atoms with Crippen LogP contribution in [0, 0.1) is 5.41 Å². The summed E-state index contributed by atoms with van der Waals surface area (Å²) in [4.78, 5) is 27.2. The van der Waals surface area contributed by atoms with Gasteiger partial charge in [0.05, 0.1) is 17.7 Å². The summed E-state index contributed by atoms with van der Waals surface area (Å²) in [6.07, 6.45) is -11.0. The molecule has 0 aliphatic rings. The van der Waals surface area contributed by atoms with Crippen molar-refractivity contribution in [1.29, 1.82) is 5.41 Å². The Morgan fingerprint density at radius 2 is 1.64 bits per heavy atom. The molecule has 28 heavy (non-hydrogen) atoms. The normalized spacial score (nSPS) is 13.2. The minimum absolute atomic E-state index is 0.308. The SMILES string of the molecule is CC(Nc1[nH]c(=O)[nH]c(=O)c1C(=N)CC(F)(F)F)c1ccc(C(F)(F)F)cc1. The van der Waals surface area contributed by atoms with E-state index < -0.39 is 58.7 Å². The maximum absolute atomic E-state index is 12.6. The van der Waals surface area contributed by atoms with Gasteiger partial charge >= 0.3 is 18.0 Å². The van der Waals surface area contributed by atoms with Crippen molar-refractivity contribution in [2.45, 2.75) is 31.7 Å². The molecule has 1 heterocycles. The van der Waals surface area contributed by atoms with Crippen LogP contribution in [0.3, 0.4) is 0 Å². The maximum atomic E-state index is 12.6. The smallest absolute Gasteiger partial charge is 0.364 e. The van der Waals surface area contributed by atoms with Gasteiger partial charge in [-0.3, -0.25) is 14.8 Å². The van der Waals surface area contributed by atoms with Crippen molar-refractivity contribution in [3.63, 3.8) is 0 Å². The first-order chi connectivity index (χ1) is 12.8. The van der Waals surface area contributed by atoms with E-state index in [1.165, 1.54) is 6.92 Å². The first-order valence-corrected chi connectivity index (χ1v) is 7.73. The molecule has 1 aromatic heterocycles. The Balaban J connectivity index is 2.36. The van der Waals surface area contributed by atoms with Gasteiger partial charge in [-0.1, -0.05) is 12.1 Å². The number of alkyl halides is 6. The molecule has 0 saturated carbocycles. The molecule has 0 saturated heterocycles. The molecule has 0 radical (unpaired) electrons. The lowest BCUT2D eigenvalue weighted by atomic mass is 10.0. The maximum Gasteiger partial charge on any atom is 0.416 e. The first-order valence-electron chi connectivity index (χ1n) is 7.73. The molecule has 0 amide bonds. The Morgan fingerprint density at radius 1 is 1.07 bits per heavy atom. The summed E-state index contributed by atoms with van der Waals surface area (Å²) in [5.74, 6) is -0.435. The Bertz CT molecular complexity index is 973. The third-order valence-corrected chi connectivity index (χ3v) is 3.72. The number of aromatic nitrogens is 2. The lowest BCUT2D eigenvalue weighted by molar-refractivity contribution is -0.137. The van der Waals surface area contributed by atoms with E-state index in [4.69, 9.17) is 5.41 Å². The Kier molecular flexibility index (Phi) is 5.71. The van der Waals surface area contributed by atoms with Crippen LogP contribution in [0.25, 0.3) is 0 Å². The lowest BCUT2D eigenvalue weighted by Crippen LogP contribution is -2.32. The highest BCUT2D eigenvalue weighted by atomic mass is 19.4. The van der Waals surface area contributed by atoms with Crippen molar-refractivity contribution >= 4 is 11.5 Å². The third kappa shape index (κ3) is 5.24. The summed E-state index contributed by atoms with van der Waals surface area (Å²) in [5, 5.41) is 10.1. The second-order valence-electron chi connectivity index (χ2n) is 5.91. The average Bonchev–Trinajstić information content (AvgIpc) is 2.51. The Labute approximate surface area is 153 Å². The van der Waals surface area contributed by atoms with Crippen LogP contribution in [0.4, 0.5) is 32.2 Å². The molecular formula is C16H14F6N4O2. The summed E-state index contributed by atoms with van der Waals surface area (Å²) in [7, 11) is 0. The van der Waals surface area contributed by atoms with Gasteiger partial charge in [0.25, 0.3) is 5.56 Å². The fourth-order valence-electron chi connectivity index (χ4n) is 2.43. The van der Waals surface area contributed by atoms with E-state index in [1.807, 2.05) is 0 Å². The van der Waals surface area contributed by atoms with Crippen molar-refractivity contribution in [1.82, 2.24) is 9.97 Å². The van der Waals surface area contributed by atoms with Crippen LogP contribution < -0.4 is 16.6 Å². The van der Waals surface area contributed by atoms with Gasteiger partial charge in [0.1, 0.15) is 11.4 Å². The van der Waals surface area contributed by atoms with Gasteiger partial charge in [0.2, 0.25) is 0 Å². The summed E-state index contributed by atoms with van der Waals surface area (Å²) < 4.78 is 75.5. The molecule has 1 aromatic carbocycles. The monoisotopic (exact) mass is 408 g/mol. The molecule has 0 bridgehead atoms. The number of H-pyrrole nitrogens is 2. The molecule has 1 unspecified atom stereocenters. The van der Waals surface area contributed by atoms with Crippen LogP contribution in [0.1, 0.15) is 36.1 Å². The van der Waals surface area contributed by atoms with E-state index in [0.29, 0.717) is 5.56 Å². The summed E-state index contributed by atoms with van der Waals surface area (Å²) >= 11 is 0. The summed E-state index contributed by atoms with van der Waals surface area (Å²) in [5.41, 5.74) is -4.58. The van der Waals surface area contributed by atoms with Crippen LogP contribution in [-0.4, -0.2) is 21.9 Å². The van der Waals surface area contributed by atoms with E-state index in [1.54, 1.807) is 4.98 Å². The Hall–Kier alpha value is -3.05. The molecule has 2 rings (SSSR count). The molecule has 6 nitrogen and oxygen atoms in total. The highest BCUT2D eigenvalue weighted by Gasteiger charge is 2.32. The van der Waals surface area contributed by atoms with Crippen LogP contribution in [0.2, 0.25) is 0 Å². The molecular weight excluding hydrogens is 394 g/mol. The predicted octanol–water partition coefficient (Wildman–Crippen LogP) is 3.58. The lowest BCUT2D eigenvalue weighted by Gasteiger charge is -2.19. The van der Waals surface area contributed by atoms with E-state index >= 15 is 0 Å². The van der Waals surface area contributed by atoms with Crippen molar-refractivity contribution in [2.75, 3.05) is 5.32 Å². The Morgan fingerprint density at radius 3 is 2.14 bits per heavy atom. The predicted molar refractivity (Wildman–Crippen MR) is 88.7 cm³/mol. The van der Waals surface area contributed by atoms with Gasteiger partial charge in [0.15, 0.2) is 0 Å². The number of aromatic amines is 2. The molecule has 0 aliphatic carbocycles. The van der Waals surface area contributed by atoms with E-state index in [0.717, 1.165) is 24.3 Å². The number of anilines is 1. The fourth-order valence-corrected chi connectivity index (χ4v) is 2.43. The van der Waals surface area contributed by atoms with Crippen LogP contribution in [0.15, 0.2) is 33.9 Å². The minimum atomic E-state index is -4.75. The van der Waals surface area contributed by atoms with Gasteiger partial charge in [-0.25, -0.2) is 4.79 Å². The third-order valence-electron chi connectivity index (χ3n) is 3.72. The fraction of sp³-hybridized carbons (Fsp3) is 0.312. The molecule has 12 heteroatoms. The molecule has 0 aliphatic heterocycles. The highest BCUT2D eigenvalue weighted by molar-refractivity contribution is 6.02.